The molecule has 10 heteroatoms. The highest BCUT2D eigenvalue weighted by atomic mass is 79.9. The Bertz CT molecular complexity index is 1190. The van der Waals surface area contributed by atoms with Gasteiger partial charge in [0.2, 0.25) is 5.62 Å². The summed E-state index contributed by atoms with van der Waals surface area (Å²) in [5.74, 6) is -0.253. The fourth-order valence-electron chi connectivity index (χ4n) is 2.87. The van der Waals surface area contributed by atoms with Crippen molar-refractivity contribution < 1.29 is 14.7 Å². The van der Waals surface area contributed by atoms with Crippen molar-refractivity contribution in [1.29, 1.82) is 0 Å². The zero-order valence-electron chi connectivity index (χ0n) is 15.8. The number of halogens is 3. The number of benzene rings is 2. The Kier molecular flexibility index (Phi) is 7.02. The highest BCUT2D eigenvalue weighted by Gasteiger charge is 2.10. The van der Waals surface area contributed by atoms with Gasteiger partial charge >= 0.3 is 6.09 Å². The molecule has 0 atom stereocenters. The summed E-state index contributed by atoms with van der Waals surface area (Å²) in [5, 5.41) is 12.7. The summed E-state index contributed by atoms with van der Waals surface area (Å²) in [6.45, 7) is 0.645. The third kappa shape index (κ3) is 5.53. The number of imidazole rings is 1. The first-order valence-corrected chi connectivity index (χ1v) is 10.3. The molecule has 2 amide bonds. The Morgan fingerprint density at radius 1 is 1.10 bits per heavy atom. The third-order valence-electron chi connectivity index (χ3n) is 4.25. The molecule has 0 bridgehead atoms. The monoisotopic (exact) mass is 510 g/mol. The first kappa shape index (κ1) is 22.1. The second-order valence-corrected chi connectivity index (χ2v) is 8.24. The van der Waals surface area contributed by atoms with Gasteiger partial charge in [-0.05, 0) is 41.5 Å². The Morgan fingerprint density at radius 2 is 1.87 bits per heavy atom. The van der Waals surface area contributed by atoms with Crippen LogP contribution in [0.15, 0.2) is 58.3 Å². The van der Waals surface area contributed by atoms with Crippen molar-refractivity contribution in [2.24, 2.45) is 12.0 Å². The Labute approximate surface area is 190 Å². The first-order valence-electron chi connectivity index (χ1n) is 8.74. The number of amides is 2. The Hall–Kier alpha value is -2.55. The summed E-state index contributed by atoms with van der Waals surface area (Å²) < 4.78 is 4.03. The highest BCUT2D eigenvalue weighted by molar-refractivity contribution is 9.10. The number of aryl methyl sites for hydroxylation is 1. The van der Waals surface area contributed by atoms with Crippen LogP contribution in [-0.4, -0.2) is 26.2 Å². The van der Waals surface area contributed by atoms with E-state index < -0.39 is 6.09 Å². The largest absolute Gasteiger partial charge is 0.463 e. The summed E-state index contributed by atoms with van der Waals surface area (Å²) in [6, 6.07) is 10.5. The van der Waals surface area contributed by atoms with Crippen LogP contribution in [0.2, 0.25) is 10.0 Å². The van der Waals surface area contributed by atoms with Crippen molar-refractivity contribution in [2.75, 3.05) is 0 Å². The predicted octanol–water partition coefficient (Wildman–Crippen LogP) is 4.45. The van der Waals surface area contributed by atoms with Crippen LogP contribution < -0.4 is 10.9 Å². The minimum atomic E-state index is -1.28. The van der Waals surface area contributed by atoms with Crippen molar-refractivity contribution >= 4 is 51.1 Å². The number of rotatable bonds is 5. The zero-order valence-corrected chi connectivity index (χ0v) is 18.9. The van der Waals surface area contributed by atoms with Gasteiger partial charge in [0.25, 0.3) is 5.91 Å². The molecule has 0 spiro atoms. The van der Waals surface area contributed by atoms with Crippen LogP contribution in [0.3, 0.4) is 0 Å². The maximum atomic E-state index is 12.6. The van der Waals surface area contributed by atoms with Gasteiger partial charge in [-0.25, -0.2) is 4.79 Å². The van der Waals surface area contributed by atoms with Crippen LogP contribution in [0.25, 0.3) is 0 Å². The van der Waals surface area contributed by atoms with Gasteiger partial charge < -0.3 is 19.6 Å². The second-order valence-electron chi connectivity index (χ2n) is 6.51. The maximum absolute atomic E-state index is 12.6. The van der Waals surface area contributed by atoms with Crippen LogP contribution in [-0.2, 0) is 20.1 Å². The van der Waals surface area contributed by atoms with Gasteiger partial charge in [0, 0.05) is 36.0 Å². The van der Waals surface area contributed by atoms with Gasteiger partial charge in [0.1, 0.15) is 0 Å². The van der Waals surface area contributed by atoms with Gasteiger partial charge in [0.15, 0.2) is 0 Å². The standard InChI is InChI=1S/C20H17BrCl2N4O3/c1-26-4-5-27(19(26)25-20(29)30)11-13-6-14(9-15(21)7-13)18(28)24-10-12-2-3-16(22)17(23)8-12/h2-9H,10-11H2,1H3,(H,24,28)(H,29,30)/b25-19+. The molecule has 1 aromatic heterocycles. The quantitative estimate of drug-likeness (QED) is 0.530. The number of carboxylic acid groups (broad SMARTS) is 1. The molecule has 2 aromatic carbocycles. The number of aromatic nitrogens is 2. The molecule has 0 unspecified atom stereocenters. The molecule has 0 aliphatic rings. The van der Waals surface area contributed by atoms with Crippen LogP contribution in [0.5, 0.6) is 0 Å². The van der Waals surface area contributed by atoms with Crippen LogP contribution in [0.1, 0.15) is 21.5 Å². The van der Waals surface area contributed by atoms with E-state index in [1.165, 1.54) is 0 Å². The fourth-order valence-corrected chi connectivity index (χ4v) is 3.73. The topological polar surface area (TPSA) is 88.6 Å². The zero-order chi connectivity index (χ0) is 21.8. The van der Waals surface area contributed by atoms with Gasteiger partial charge in [-0.15, -0.1) is 4.99 Å². The lowest BCUT2D eigenvalue weighted by molar-refractivity contribution is 0.0950. The Morgan fingerprint density at radius 3 is 2.57 bits per heavy atom. The average Bonchev–Trinajstić information content (AvgIpc) is 3.01. The van der Waals surface area contributed by atoms with E-state index in [1.807, 2.05) is 6.07 Å². The molecule has 7 nitrogen and oxygen atoms in total. The Balaban J connectivity index is 1.79. The smallest absolute Gasteiger partial charge is 0.434 e. The SMILES string of the molecule is Cn1ccn(Cc2cc(Br)cc(C(=O)NCc3ccc(Cl)c(Cl)c3)c2)/c1=N/C(=O)O. The van der Waals surface area contributed by atoms with Crippen molar-refractivity contribution in [3.63, 3.8) is 0 Å². The van der Waals surface area contributed by atoms with Crippen molar-refractivity contribution in [3.05, 3.63) is 85.6 Å². The first-order chi connectivity index (χ1) is 14.2. The number of carbonyl (C=O) groups is 2. The molecule has 1 heterocycles. The lowest BCUT2D eigenvalue weighted by atomic mass is 10.1. The number of carbonyl (C=O) groups excluding carboxylic acids is 1. The molecule has 2 N–H and O–H groups in total. The molecular weight excluding hydrogens is 495 g/mol. The molecule has 0 saturated heterocycles. The summed E-state index contributed by atoms with van der Waals surface area (Å²) in [4.78, 5) is 27.2. The molecular formula is C20H17BrCl2N4O3. The van der Waals surface area contributed by atoms with Crippen molar-refractivity contribution in [3.8, 4) is 0 Å². The summed E-state index contributed by atoms with van der Waals surface area (Å²) in [5.41, 5.74) is 2.38. The lowest BCUT2D eigenvalue weighted by Crippen LogP contribution is -2.26. The molecule has 0 aliphatic carbocycles. The molecule has 0 saturated carbocycles. The molecule has 3 rings (SSSR count). The van der Waals surface area contributed by atoms with Gasteiger partial charge in [-0.2, -0.15) is 0 Å². The molecule has 0 fully saturated rings. The number of nitrogens with zero attached hydrogens (tertiary/aromatic N) is 3. The minimum Gasteiger partial charge on any atom is -0.463 e. The number of hydrogen-bond donors (Lipinski definition) is 2. The highest BCUT2D eigenvalue weighted by Crippen LogP contribution is 2.22. The molecule has 0 radical (unpaired) electrons. The molecule has 0 aliphatic heterocycles. The minimum absolute atomic E-state index is 0.253. The molecule has 3 aromatic rings. The van der Waals surface area contributed by atoms with Crippen LogP contribution in [0.4, 0.5) is 4.79 Å². The lowest BCUT2D eigenvalue weighted by Gasteiger charge is -2.10. The second kappa shape index (κ2) is 9.51. The van der Waals surface area contributed by atoms with E-state index in [0.717, 1.165) is 15.6 Å². The fraction of sp³-hybridized carbons (Fsp3) is 0.150. The average molecular weight is 512 g/mol. The molecule has 30 heavy (non-hydrogen) atoms. The van der Waals surface area contributed by atoms with E-state index in [-0.39, 0.29) is 11.5 Å². The van der Waals surface area contributed by atoms with Crippen molar-refractivity contribution in [1.82, 2.24) is 14.5 Å². The van der Waals surface area contributed by atoms with E-state index in [4.69, 9.17) is 28.3 Å². The van der Waals surface area contributed by atoms with Crippen molar-refractivity contribution in [2.45, 2.75) is 13.1 Å². The van der Waals surface area contributed by atoms with Crippen LogP contribution >= 0.6 is 39.1 Å². The van der Waals surface area contributed by atoms with Gasteiger partial charge in [-0.1, -0.05) is 45.2 Å². The summed E-state index contributed by atoms with van der Waals surface area (Å²) in [7, 11) is 1.71. The van der Waals surface area contributed by atoms with E-state index in [1.54, 1.807) is 58.9 Å². The van der Waals surface area contributed by atoms with Gasteiger partial charge in [-0.3, -0.25) is 4.79 Å². The number of hydrogen-bond acceptors (Lipinski definition) is 2. The van der Waals surface area contributed by atoms with Crippen LogP contribution in [0, 0.1) is 0 Å². The normalized spacial score (nSPS) is 11.5. The third-order valence-corrected chi connectivity index (χ3v) is 5.44. The summed E-state index contributed by atoms with van der Waals surface area (Å²) in [6.07, 6.45) is 2.17. The maximum Gasteiger partial charge on any atom is 0.434 e. The van der Waals surface area contributed by atoms with E-state index >= 15 is 0 Å². The predicted molar refractivity (Wildman–Crippen MR) is 118 cm³/mol. The summed E-state index contributed by atoms with van der Waals surface area (Å²) >= 11 is 15.4. The molecule has 156 valence electrons. The van der Waals surface area contributed by atoms with E-state index in [2.05, 4.69) is 26.2 Å². The van der Waals surface area contributed by atoms with Gasteiger partial charge in [0.05, 0.1) is 16.6 Å². The van der Waals surface area contributed by atoms with E-state index in [0.29, 0.717) is 28.7 Å². The number of nitrogens with one attached hydrogen (secondary N) is 1. The van der Waals surface area contributed by atoms with E-state index in [9.17, 15) is 9.59 Å².